The van der Waals surface area contributed by atoms with E-state index in [1.54, 1.807) is 7.05 Å². The van der Waals surface area contributed by atoms with Gasteiger partial charge in [0.1, 0.15) is 11.2 Å². The minimum absolute atomic E-state index is 0.0207. The minimum Gasteiger partial charge on any atom is -0.310 e. The Labute approximate surface area is 83.2 Å². The molecule has 0 aliphatic rings. The van der Waals surface area contributed by atoms with E-state index < -0.39 is 0 Å². The number of azide groups is 1. The topological polar surface area (TPSA) is 112 Å². The summed E-state index contributed by atoms with van der Waals surface area (Å²) >= 11 is 0. The SMILES string of the molecule is Cn1ncc2c(=O)[nH]c(CN=[N+]=[N-])nc21. The molecule has 0 spiro atoms. The highest BCUT2D eigenvalue weighted by atomic mass is 16.1. The Morgan fingerprint density at radius 3 is 3.27 bits per heavy atom. The van der Waals surface area contributed by atoms with Gasteiger partial charge >= 0.3 is 0 Å². The van der Waals surface area contributed by atoms with Crippen LogP contribution in [0.15, 0.2) is 16.1 Å². The van der Waals surface area contributed by atoms with Gasteiger partial charge in [-0.05, 0) is 5.53 Å². The zero-order chi connectivity index (χ0) is 10.8. The van der Waals surface area contributed by atoms with Gasteiger partial charge in [0, 0.05) is 12.0 Å². The number of hydrogen-bond acceptors (Lipinski definition) is 4. The zero-order valence-electron chi connectivity index (χ0n) is 7.88. The fourth-order valence-corrected chi connectivity index (χ4v) is 1.25. The van der Waals surface area contributed by atoms with Crippen molar-refractivity contribution in [1.82, 2.24) is 19.7 Å². The van der Waals surface area contributed by atoms with Gasteiger partial charge in [-0.3, -0.25) is 9.48 Å². The van der Waals surface area contributed by atoms with Crippen molar-refractivity contribution in [3.63, 3.8) is 0 Å². The molecule has 0 amide bonds. The quantitative estimate of drug-likeness (QED) is 0.436. The van der Waals surface area contributed by atoms with Crippen molar-refractivity contribution in [2.24, 2.45) is 12.2 Å². The van der Waals surface area contributed by atoms with E-state index in [1.807, 2.05) is 0 Å². The standard InChI is InChI=1S/C7H7N7O/c1-14-6-4(2-10-14)7(15)12-5(11-6)3-9-13-8/h2H,3H2,1H3,(H,11,12,15). The van der Waals surface area contributed by atoms with E-state index in [2.05, 4.69) is 25.1 Å². The number of aryl methyl sites for hydroxylation is 1. The molecule has 8 nitrogen and oxygen atoms in total. The lowest BCUT2D eigenvalue weighted by Gasteiger charge is -1.96. The van der Waals surface area contributed by atoms with Crippen LogP contribution in [-0.2, 0) is 13.6 Å². The first-order valence-electron chi connectivity index (χ1n) is 4.14. The smallest absolute Gasteiger partial charge is 0.262 e. The summed E-state index contributed by atoms with van der Waals surface area (Å²) in [5.74, 6) is 0.328. The molecule has 0 bridgehead atoms. The molecule has 0 aliphatic heterocycles. The number of aromatic nitrogens is 4. The van der Waals surface area contributed by atoms with Crippen molar-refractivity contribution < 1.29 is 0 Å². The lowest BCUT2D eigenvalue weighted by atomic mass is 10.4. The summed E-state index contributed by atoms with van der Waals surface area (Å²) in [6.45, 7) is 0.0207. The van der Waals surface area contributed by atoms with Gasteiger partial charge in [-0.1, -0.05) is 5.11 Å². The molecule has 0 atom stereocenters. The van der Waals surface area contributed by atoms with Crippen LogP contribution in [0.4, 0.5) is 0 Å². The van der Waals surface area contributed by atoms with Gasteiger partial charge in [0.05, 0.1) is 12.7 Å². The lowest BCUT2D eigenvalue weighted by Crippen LogP contribution is -2.11. The van der Waals surface area contributed by atoms with E-state index in [1.165, 1.54) is 10.9 Å². The lowest BCUT2D eigenvalue weighted by molar-refractivity contribution is 0.777. The number of hydrogen-bond donors (Lipinski definition) is 1. The average Bonchev–Trinajstić information content (AvgIpc) is 2.58. The molecule has 0 aromatic carbocycles. The molecule has 0 fully saturated rings. The third-order valence-corrected chi connectivity index (χ3v) is 1.93. The number of nitrogens with zero attached hydrogens (tertiary/aromatic N) is 6. The second-order valence-electron chi connectivity index (χ2n) is 2.91. The highest BCUT2D eigenvalue weighted by Gasteiger charge is 2.06. The molecule has 2 rings (SSSR count). The minimum atomic E-state index is -0.281. The van der Waals surface area contributed by atoms with Crippen LogP contribution in [-0.4, -0.2) is 19.7 Å². The van der Waals surface area contributed by atoms with Crippen LogP contribution in [0.2, 0.25) is 0 Å². The Hall–Kier alpha value is -2.34. The summed E-state index contributed by atoms with van der Waals surface area (Å²) in [6, 6.07) is 0. The molecule has 15 heavy (non-hydrogen) atoms. The first kappa shape index (κ1) is 9.22. The van der Waals surface area contributed by atoms with Gasteiger partial charge in [-0.25, -0.2) is 4.98 Å². The summed E-state index contributed by atoms with van der Waals surface area (Å²) in [5, 5.41) is 7.65. The predicted molar refractivity (Wildman–Crippen MR) is 52.0 cm³/mol. The molecule has 0 saturated heterocycles. The van der Waals surface area contributed by atoms with E-state index in [0.717, 1.165) is 0 Å². The third kappa shape index (κ3) is 1.53. The van der Waals surface area contributed by atoms with Crippen LogP contribution in [0.25, 0.3) is 21.5 Å². The van der Waals surface area contributed by atoms with Gasteiger partial charge < -0.3 is 4.98 Å². The zero-order valence-corrected chi connectivity index (χ0v) is 7.88. The van der Waals surface area contributed by atoms with Crippen LogP contribution in [0.3, 0.4) is 0 Å². The normalized spacial score (nSPS) is 10.2. The number of aromatic amines is 1. The number of fused-ring (bicyclic) bond motifs is 1. The largest absolute Gasteiger partial charge is 0.310 e. The monoisotopic (exact) mass is 205 g/mol. The van der Waals surface area contributed by atoms with Crippen molar-refractivity contribution in [3.8, 4) is 0 Å². The molecular weight excluding hydrogens is 198 g/mol. The van der Waals surface area contributed by atoms with Crippen LogP contribution in [0.1, 0.15) is 5.82 Å². The second kappa shape index (κ2) is 3.43. The number of nitrogens with one attached hydrogen (secondary N) is 1. The molecule has 0 radical (unpaired) electrons. The fraction of sp³-hybridized carbons (Fsp3) is 0.286. The highest BCUT2D eigenvalue weighted by Crippen LogP contribution is 2.04. The molecule has 2 aromatic heterocycles. The molecule has 0 unspecified atom stereocenters. The van der Waals surface area contributed by atoms with Gasteiger partial charge in [-0.2, -0.15) is 5.10 Å². The maximum absolute atomic E-state index is 11.5. The van der Waals surface area contributed by atoms with Crippen LogP contribution in [0.5, 0.6) is 0 Å². The Morgan fingerprint density at radius 2 is 2.53 bits per heavy atom. The van der Waals surface area contributed by atoms with Gasteiger partial charge in [0.2, 0.25) is 0 Å². The van der Waals surface area contributed by atoms with E-state index in [4.69, 9.17) is 5.53 Å². The van der Waals surface area contributed by atoms with E-state index in [0.29, 0.717) is 16.9 Å². The van der Waals surface area contributed by atoms with Crippen LogP contribution >= 0.6 is 0 Å². The average molecular weight is 205 g/mol. The van der Waals surface area contributed by atoms with Crippen molar-refractivity contribution >= 4 is 11.0 Å². The molecule has 2 aromatic rings. The second-order valence-corrected chi connectivity index (χ2v) is 2.91. The van der Waals surface area contributed by atoms with Crippen molar-refractivity contribution in [1.29, 1.82) is 0 Å². The van der Waals surface area contributed by atoms with Crippen LogP contribution in [0, 0.1) is 0 Å². The first-order chi connectivity index (χ1) is 7.22. The van der Waals surface area contributed by atoms with Crippen LogP contribution < -0.4 is 5.56 Å². The molecule has 8 heteroatoms. The van der Waals surface area contributed by atoms with Gasteiger partial charge in [0.25, 0.3) is 5.56 Å². The molecule has 2 heterocycles. The van der Waals surface area contributed by atoms with Crippen molar-refractivity contribution in [2.75, 3.05) is 0 Å². The van der Waals surface area contributed by atoms with Crippen molar-refractivity contribution in [2.45, 2.75) is 6.54 Å². The summed E-state index contributed by atoms with van der Waals surface area (Å²) in [4.78, 5) is 20.7. The molecular formula is C7H7N7O. The molecule has 1 N–H and O–H groups in total. The third-order valence-electron chi connectivity index (χ3n) is 1.93. The predicted octanol–water partition coefficient (Wildman–Crippen LogP) is 0.467. The highest BCUT2D eigenvalue weighted by molar-refractivity contribution is 5.72. The summed E-state index contributed by atoms with van der Waals surface area (Å²) in [6.07, 6.45) is 1.44. The van der Waals surface area contributed by atoms with E-state index in [9.17, 15) is 4.79 Å². The number of rotatable bonds is 2. The fourth-order valence-electron chi connectivity index (χ4n) is 1.25. The van der Waals surface area contributed by atoms with Gasteiger partial charge in [-0.15, -0.1) is 0 Å². The van der Waals surface area contributed by atoms with Gasteiger partial charge in [0.15, 0.2) is 5.65 Å². The first-order valence-corrected chi connectivity index (χ1v) is 4.14. The Kier molecular flexibility index (Phi) is 2.11. The van der Waals surface area contributed by atoms with Crippen molar-refractivity contribution in [3.05, 3.63) is 32.8 Å². The Balaban J connectivity index is 2.65. The summed E-state index contributed by atoms with van der Waals surface area (Å²) in [7, 11) is 1.69. The summed E-state index contributed by atoms with van der Waals surface area (Å²) < 4.78 is 1.49. The molecule has 0 aliphatic carbocycles. The Bertz CT molecular complexity index is 603. The van der Waals surface area contributed by atoms with E-state index >= 15 is 0 Å². The van der Waals surface area contributed by atoms with E-state index in [-0.39, 0.29) is 12.1 Å². The summed E-state index contributed by atoms with van der Waals surface area (Å²) in [5.41, 5.74) is 8.34. The molecule has 0 saturated carbocycles. The maximum Gasteiger partial charge on any atom is 0.262 e. The maximum atomic E-state index is 11.5. The number of H-pyrrole nitrogens is 1. The molecule has 76 valence electrons. The Morgan fingerprint density at radius 1 is 1.73 bits per heavy atom.